The molecule has 1 aliphatic rings. The van der Waals surface area contributed by atoms with Crippen LogP contribution in [0.25, 0.3) is 0 Å². The van der Waals surface area contributed by atoms with Gasteiger partial charge in [-0.25, -0.2) is 4.79 Å². The molecule has 1 aromatic carbocycles. The zero-order valence-electron chi connectivity index (χ0n) is 14.7. The van der Waals surface area contributed by atoms with E-state index in [0.717, 1.165) is 12.0 Å². The summed E-state index contributed by atoms with van der Waals surface area (Å²) in [6.07, 6.45) is 1.06. The Hall–Kier alpha value is -1.75. The van der Waals surface area contributed by atoms with Gasteiger partial charge in [0.25, 0.3) is 0 Å². The Morgan fingerprint density at radius 3 is 2.50 bits per heavy atom. The number of hydrogen-bond donors (Lipinski definition) is 0. The molecular weight excluding hydrogens is 328 g/mol. The highest BCUT2D eigenvalue weighted by Gasteiger charge is 2.37. The Bertz CT molecular complexity index is 595. The lowest BCUT2D eigenvalue weighted by molar-refractivity contribution is -0.135. The molecule has 0 N–H and O–H groups in total. The van der Waals surface area contributed by atoms with Crippen molar-refractivity contribution in [3.63, 3.8) is 0 Å². The first kappa shape index (κ1) is 18.6. The average molecular weight is 353 g/mol. The SMILES string of the molecule is CN(Cc1ccc(Cl)cc1)C(=O)C1CCCN1C(=O)OC(C)(C)C. The van der Waals surface area contributed by atoms with E-state index in [0.29, 0.717) is 24.5 Å². The first-order valence-corrected chi connectivity index (χ1v) is 8.54. The number of carbonyl (C=O) groups is 2. The van der Waals surface area contributed by atoms with Gasteiger partial charge in [-0.1, -0.05) is 23.7 Å². The van der Waals surface area contributed by atoms with Crippen molar-refractivity contribution < 1.29 is 14.3 Å². The second kappa shape index (κ2) is 7.43. The van der Waals surface area contributed by atoms with Gasteiger partial charge in [0.1, 0.15) is 11.6 Å². The summed E-state index contributed by atoms with van der Waals surface area (Å²) in [7, 11) is 1.75. The van der Waals surface area contributed by atoms with Crippen LogP contribution in [-0.4, -0.2) is 47.0 Å². The molecule has 0 aliphatic carbocycles. The summed E-state index contributed by atoms with van der Waals surface area (Å²) in [4.78, 5) is 28.3. The molecule has 6 heteroatoms. The third kappa shape index (κ3) is 4.87. The second-order valence-electron chi connectivity index (χ2n) is 7.15. The lowest BCUT2D eigenvalue weighted by Crippen LogP contribution is -2.47. The van der Waals surface area contributed by atoms with E-state index < -0.39 is 17.7 Å². The summed E-state index contributed by atoms with van der Waals surface area (Å²) >= 11 is 5.88. The molecule has 24 heavy (non-hydrogen) atoms. The van der Waals surface area contributed by atoms with Crippen LogP contribution in [0.2, 0.25) is 5.02 Å². The third-order valence-corrected chi connectivity index (χ3v) is 4.13. The minimum atomic E-state index is -0.567. The number of nitrogens with zero attached hydrogens (tertiary/aromatic N) is 2. The van der Waals surface area contributed by atoms with E-state index in [1.165, 1.54) is 0 Å². The van der Waals surface area contributed by atoms with Gasteiger partial charge < -0.3 is 9.64 Å². The fourth-order valence-corrected chi connectivity index (χ4v) is 2.88. The summed E-state index contributed by atoms with van der Waals surface area (Å²) in [6, 6.07) is 6.95. The van der Waals surface area contributed by atoms with E-state index in [1.54, 1.807) is 29.0 Å². The fraction of sp³-hybridized carbons (Fsp3) is 0.556. The number of halogens is 1. The molecule has 1 atom stereocenters. The normalized spacial score (nSPS) is 17.7. The van der Waals surface area contributed by atoms with Crippen molar-refractivity contribution >= 4 is 23.6 Å². The Labute approximate surface area is 148 Å². The van der Waals surface area contributed by atoms with Crippen molar-refractivity contribution in [2.45, 2.75) is 51.8 Å². The van der Waals surface area contributed by atoms with Gasteiger partial charge in [0.15, 0.2) is 0 Å². The highest BCUT2D eigenvalue weighted by molar-refractivity contribution is 6.30. The van der Waals surface area contributed by atoms with Crippen LogP contribution >= 0.6 is 11.6 Å². The monoisotopic (exact) mass is 352 g/mol. The number of rotatable bonds is 3. The number of likely N-dealkylation sites (tertiary alicyclic amines) is 1. The van der Waals surface area contributed by atoms with Gasteiger partial charge in [-0.15, -0.1) is 0 Å². The highest BCUT2D eigenvalue weighted by atomic mass is 35.5. The molecular formula is C18H25ClN2O3. The van der Waals surface area contributed by atoms with Gasteiger partial charge in [0.2, 0.25) is 5.91 Å². The van der Waals surface area contributed by atoms with Crippen molar-refractivity contribution in [2.24, 2.45) is 0 Å². The minimum Gasteiger partial charge on any atom is -0.444 e. The molecule has 2 amide bonds. The lowest BCUT2D eigenvalue weighted by atomic mass is 10.1. The van der Waals surface area contributed by atoms with Crippen LogP contribution < -0.4 is 0 Å². The van der Waals surface area contributed by atoms with Crippen molar-refractivity contribution in [3.05, 3.63) is 34.9 Å². The van der Waals surface area contributed by atoms with Gasteiger partial charge in [0.05, 0.1) is 0 Å². The summed E-state index contributed by atoms with van der Waals surface area (Å²) in [5.41, 5.74) is 0.430. The van der Waals surface area contributed by atoms with Crippen molar-refractivity contribution in [1.29, 1.82) is 0 Å². The summed E-state index contributed by atoms with van der Waals surface area (Å²) < 4.78 is 5.41. The average Bonchev–Trinajstić information content (AvgIpc) is 2.96. The lowest BCUT2D eigenvalue weighted by Gasteiger charge is -2.30. The van der Waals surface area contributed by atoms with Gasteiger partial charge in [-0.2, -0.15) is 0 Å². The van der Waals surface area contributed by atoms with Crippen molar-refractivity contribution in [1.82, 2.24) is 9.80 Å². The Balaban J connectivity index is 2.01. The molecule has 2 rings (SSSR count). The predicted molar refractivity (Wildman–Crippen MR) is 93.9 cm³/mol. The maximum Gasteiger partial charge on any atom is 0.410 e. The van der Waals surface area contributed by atoms with Crippen LogP contribution in [0.3, 0.4) is 0 Å². The maximum atomic E-state index is 12.7. The molecule has 1 aliphatic heterocycles. The second-order valence-corrected chi connectivity index (χ2v) is 7.59. The number of hydrogen-bond acceptors (Lipinski definition) is 3. The Morgan fingerprint density at radius 1 is 1.29 bits per heavy atom. The molecule has 5 nitrogen and oxygen atoms in total. The molecule has 1 saturated heterocycles. The smallest absolute Gasteiger partial charge is 0.410 e. The standard InChI is InChI=1S/C18H25ClN2O3/c1-18(2,3)24-17(23)21-11-5-6-15(21)16(22)20(4)12-13-7-9-14(19)10-8-13/h7-10,15H,5-6,11-12H2,1-4H3. The van der Waals surface area contributed by atoms with Gasteiger partial charge in [0, 0.05) is 25.2 Å². The first-order valence-electron chi connectivity index (χ1n) is 8.16. The highest BCUT2D eigenvalue weighted by Crippen LogP contribution is 2.23. The number of ether oxygens (including phenoxy) is 1. The molecule has 0 aromatic heterocycles. The van der Waals surface area contributed by atoms with Crippen LogP contribution in [0.1, 0.15) is 39.2 Å². The van der Waals surface area contributed by atoms with E-state index in [1.807, 2.05) is 32.9 Å². The predicted octanol–water partition coefficient (Wildman–Crippen LogP) is 3.70. The topological polar surface area (TPSA) is 49.9 Å². The zero-order valence-corrected chi connectivity index (χ0v) is 15.5. The van der Waals surface area contributed by atoms with Crippen LogP contribution in [0.4, 0.5) is 4.79 Å². The fourth-order valence-electron chi connectivity index (χ4n) is 2.76. The van der Waals surface area contributed by atoms with Crippen LogP contribution in [0, 0.1) is 0 Å². The molecule has 1 fully saturated rings. The Kier molecular flexibility index (Phi) is 5.75. The number of likely N-dealkylation sites (N-methyl/N-ethyl adjacent to an activating group) is 1. The minimum absolute atomic E-state index is 0.0618. The number of benzene rings is 1. The molecule has 132 valence electrons. The molecule has 0 bridgehead atoms. The Morgan fingerprint density at radius 2 is 1.92 bits per heavy atom. The molecule has 0 spiro atoms. The number of carbonyl (C=O) groups excluding carboxylic acids is 2. The van der Waals surface area contributed by atoms with Crippen LogP contribution in [0.5, 0.6) is 0 Å². The van der Waals surface area contributed by atoms with Crippen LogP contribution in [-0.2, 0) is 16.1 Å². The van der Waals surface area contributed by atoms with E-state index >= 15 is 0 Å². The molecule has 1 unspecified atom stereocenters. The van der Waals surface area contributed by atoms with Crippen molar-refractivity contribution in [3.8, 4) is 0 Å². The summed E-state index contributed by atoms with van der Waals surface area (Å²) in [5, 5.41) is 0.666. The molecule has 0 saturated carbocycles. The summed E-state index contributed by atoms with van der Waals surface area (Å²) in [6.45, 7) is 6.51. The molecule has 1 heterocycles. The van der Waals surface area contributed by atoms with Crippen LogP contribution in [0.15, 0.2) is 24.3 Å². The van der Waals surface area contributed by atoms with E-state index in [2.05, 4.69) is 0 Å². The molecule has 1 aromatic rings. The van der Waals surface area contributed by atoms with Gasteiger partial charge in [-0.3, -0.25) is 9.69 Å². The molecule has 0 radical (unpaired) electrons. The van der Waals surface area contributed by atoms with Gasteiger partial charge >= 0.3 is 6.09 Å². The van der Waals surface area contributed by atoms with Crippen molar-refractivity contribution in [2.75, 3.05) is 13.6 Å². The van der Waals surface area contributed by atoms with E-state index in [-0.39, 0.29) is 5.91 Å². The van der Waals surface area contributed by atoms with E-state index in [9.17, 15) is 9.59 Å². The maximum absolute atomic E-state index is 12.7. The first-order chi connectivity index (χ1) is 11.2. The third-order valence-electron chi connectivity index (χ3n) is 3.88. The quantitative estimate of drug-likeness (QED) is 0.833. The number of amides is 2. The largest absolute Gasteiger partial charge is 0.444 e. The summed E-state index contributed by atoms with van der Waals surface area (Å²) in [5.74, 6) is -0.0618. The van der Waals surface area contributed by atoms with E-state index in [4.69, 9.17) is 16.3 Å². The van der Waals surface area contributed by atoms with Gasteiger partial charge in [-0.05, 0) is 51.3 Å². The zero-order chi connectivity index (χ0) is 17.9.